The molecule has 4 rings (SSSR count). The number of alkyl halides is 3. The van der Waals surface area contributed by atoms with Crippen LogP contribution in [-0.4, -0.2) is 37.0 Å². The van der Waals surface area contributed by atoms with Gasteiger partial charge in [-0.2, -0.15) is 18.3 Å². The molecule has 7 nitrogen and oxygen atoms in total. The zero-order valence-corrected chi connectivity index (χ0v) is 16.0. The van der Waals surface area contributed by atoms with E-state index in [2.05, 4.69) is 25.4 Å². The number of aromatic nitrogens is 5. The molecule has 2 N–H and O–H groups in total. The van der Waals surface area contributed by atoms with Crippen LogP contribution >= 0.6 is 11.6 Å². The number of rotatable bonds is 5. The monoisotopic (exact) mass is 434 g/mol. The van der Waals surface area contributed by atoms with Crippen LogP contribution in [0.5, 0.6) is 0 Å². The molecular weight excluding hydrogens is 421 g/mol. The second kappa shape index (κ2) is 7.79. The molecule has 11 heteroatoms. The predicted molar refractivity (Wildman–Crippen MR) is 103 cm³/mol. The van der Waals surface area contributed by atoms with E-state index in [1.807, 2.05) is 0 Å². The molecule has 0 saturated carbocycles. The lowest BCUT2D eigenvalue weighted by Crippen LogP contribution is -2.26. The maximum absolute atomic E-state index is 13.6. The van der Waals surface area contributed by atoms with Crippen molar-refractivity contribution in [2.24, 2.45) is 0 Å². The van der Waals surface area contributed by atoms with Gasteiger partial charge in [0.05, 0.1) is 12.0 Å². The third-order valence-corrected chi connectivity index (χ3v) is 4.58. The Morgan fingerprint density at radius 2 is 1.97 bits per heavy atom. The summed E-state index contributed by atoms with van der Waals surface area (Å²) in [5.74, 6) is -0.596. The number of aromatic amines is 1. The highest BCUT2D eigenvalue weighted by Crippen LogP contribution is 2.32. The van der Waals surface area contributed by atoms with Crippen LogP contribution in [0.4, 0.5) is 13.2 Å². The fourth-order valence-corrected chi connectivity index (χ4v) is 3.00. The van der Waals surface area contributed by atoms with Gasteiger partial charge < -0.3 is 10.3 Å². The second-order valence-corrected chi connectivity index (χ2v) is 6.85. The van der Waals surface area contributed by atoms with Crippen molar-refractivity contribution < 1.29 is 18.0 Å². The van der Waals surface area contributed by atoms with Crippen molar-refractivity contribution in [2.45, 2.75) is 12.6 Å². The number of amides is 1. The molecule has 0 radical (unpaired) electrons. The Morgan fingerprint density at radius 1 is 1.20 bits per heavy atom. The fourth-order valence-electron chi connectivity index (χ4n) is 2.88. The number of H-pyrrole nitrogens is 1. The maximum atomic E-state index is 13.6. The number of carbonyl (C=O) groups is 1. The van der Waals surface area contributed by atoms with E-state index in [0.29, 0.717) is 21.5 Å². The first-order valence-electron chi connectivity index (χ1n) is 8.81. The molecule has 0 aliphatic heterocycles. The summed E-state index contributed by atoms with van der Waals surface area (Å²) in [6, 6.07) is 8.38. The number of imidazole rings is 1. The first-order valence-corrected chi connectivity index (χ1v) is 9.18. The van der Waals surface area contributed by atoms with E-state index in [-0.39, 0.29) is 23.6 Å². The highest BCUT2D eigenvalue weighted by molar-refractivity contribution is 6.30. The SMILES string of the molecule is O=C(NCCc1cnc[nH]1)c1cc2nc(-c3ccc(Cl)cc3)cc(C(F)(F)F)n2n1. The summed E-state index contributed by atoms with van der Waals surface area (Å²) < 4.78 is 41.5. The smallest absolute Gasteiger partial charge is 0.350 e. The van der Waals surface area contributed by atoms with Crippen molar-refractivity contribution in [3.05, 3.63) is 71.0 Å². The minimum atomic E-state index is -4.69. The predicted octanol–water partition coefficient (Wildman–Crippen LogP) is 3.76. The van der Waals surface area contributed by atoms with Gasteiger partial charge in [-0.3, -0.25) is 4.79 Å². The number of halogens is 4. The van der Waals surface area contributed by atoms with E-state index in [4.69, 9.17) is 11.6 Å². The van der Waals surface area contributed by atoms with Gasteiger partial charge in [0.15, 0.2) is 17.0 Å². The molecule has 30 heavy (non-hydrogen) atoms. The van der Waals surface area contributed by atoms with Crippen molar-refractivity contribution in [1.29, 1.82) is 0 Å². The molecule has 0 bridgehead atoms. The van der Waals surface area contributed by atoms with Crippen molar-refractivity contribution >= 4 is 23.2 Å². The Morgan fingerprint density at radius 3 is 2.63 bits per heavy atom. The third kappa shape index (κ3) is 4.13. The number of carbonyl (C=O) groups excluding carboxylic acids is 1. The normalized spacial score (nSPS) is 11.7. The highest BCUT2D eigenvalue weighted by Gasteiger charge is 2.35. The maximum Gasteiger partial charge on any atom is 0.433 e. The lowest BCUT2D eigenvalue weighted by molar-refractivity contribution is -0.142. The zero-order chi connectivity index (χ0) is 21.3. The van der Waals surface area contributed by atoms with Gasteiger partial charge in [0.2, 0.25) is 0 Å². The van der Waals surface area contributed by atoms with E-state index in [1.54, 1.807) is 30.5 Å². The fraction of sp³-hybridized carbons (Fsp3) is 0.158. The van der Waals surface area contributed by atoms with Crippen molar-refractivity contribution in [3.63, 3.8) is 0 Å². The van der Waals surface area contributed by atoms with E-state index in [1.165, 1.54) is 12.4 Å². The number of nitrogens with one attached hydrogen (secondary N) is 2. The third-order valence-electron chi connectivity index (χ3n) is 4.32. The quantitative estimate of drug-likeness (QED) is 0.500. The van der Waals surface area contributed by atoms with Crippen molar-refractivity contribution in [2.75, 3.05) is 6.54 Å². The highest BCUT2D eigenvalue weighted by atomic mass is 35.5. The summed E-state index contributed by atoms with van der Waals surface area (Å²) in [5, 5.41) is 6.90. The number of fused-ring (bicyclic) bond motifs is 1. The molecule has 1 amide bonds. The van der Waals surface area contributed by atoms with Crippen LogP contribution in [0.15, 0.2) is 48.9 Å². The Kier molecular flexibility index (Phi) is 5.17. The molecule has 0 aliphatic carbocycles. The number of nitrogens with zero attached hydrogens (tertiary/aromatic N) is 4. The van der Waals surface area contributed by atoms with E-state index < -0.39 is 17.8 Å². The summed E-state index contributed by atoms with van der Waals surface area (Å²) in [4.78, 5) is 23.4. The van der Waals surface area contributed by atoms with Crippen LogP contribution < -0.4 is 5.32 Å². The summed E-state index contributed by atoms with van der Waals surface area (Å²) in [7, 11) is 0. The Hall–Kier alpha value is -3.40. The molecule has 0 fully saturated rings. The summed E-state index contributed by atoms with van der Waals surface area (Å²) in [6.45, 7) is 0.268. The van der Waals surface area contributed by atoms with E-state index in [0.717, 1.165) is 11.8 Å². The van der Waals surface area contributed by atoms with Gasteiger partial charge in [0.25, 0.3) is 5.91 Å². The molecule has 4 aromatic rings. The van der Waals surface area contributed by atoms with Crippen LogP contribution in [0.2, 0.25) is 5.02 Å². The van der Waals surface area contributed by atoms with E-state index in [9.17, 15) is 18.0 Å². The standard InChI is InChI=1S/C19H14ClF3N6O/c20-12-3-1-11(2-4-12)14-7-16(19(21,22)23)29-17(27-14)8-15(28-29)18(30)25-6-5-13-9-24-10-26-13/h1-4,7-10H,5-6H2,(H,24,26)(H,25,30). The van der Waals surface area contributed by atoms with Gasteiger partial charge in [-0.25, -0.2) is 14.5 Å². The van der Waals surface area contributed by atoms with Crippen molar-refractivity contribution in [3.8, 4) is 11.3 Å². The van der Waals surface area contributed by atoms with Gasteiger partial charge in [0.1, 0.15) is 0 Å². The lowest BCUT2D eigenvalue weighted by Gasteiger charge is -2.11. The molecule has 154 valence electrons. The van der Waals surface area contributed by atoms with Gasteiger partial charge in [0, 0.05) is 41.5 Å². The van der Waals surface area contributed by atoms with Crippen LogP contribution in [0.25, 0.3) is 16.9 Å². The Labute approximate surface area is 172 Å². The van der Waals surface area contributed by atoms with Gasteiger partial charge in [-0.15, -0.1) is 0 Å². The van der Waals surface area contributed by atoms with Crippen LogP contribution in [0, 0.1) is 0 Å². The van der Waals surface area contributed by atoms with E-state index >= 15 is 0 Å². The first-order chi connectivity index (χ1) is 14.3. The molecule has 0 saturated heterocycles. The molecule has 0 spiro atoms. The molecular formula is C19H14ClF3N6O. The minimum absolute atomic E-state index is 0.0894. The molecule has 0 unspecified atom stereocenters. The lowest BCUT2D eigenvalue weighted by atomic mass is 10.1. The second-order valence-electron chi connectivity index (χ2n) is 6.41. The topological polar surface area (TPSA) is 88.0 Å². The number of hydrogen-bond donors (Lipinski definition) is 2. The molecule has 0 atom stereocenters. The first kappa shape index (κ1) is 19.9. The summed E-state index contributed by atoms with van der Waals surface area (Å²) in [5.41, 5.74) is 0.0870. The van der Waals surface area contributed by atoms with Gasteiger partial charge in [-0.1, -0.05) is 23.7 Å². The van der Waals surface area contributed by atoms with Gasteiger partial charge in [-0.05, 0) is 18.2 Å². The Bertz CT molecular complexity index is 1190. The van der Waals surface area contributed by atoms with Crippen molar-refractivity contribution in [1.82, 2.24) is 29.9 Å². The summed E-state index contributed by atoms with van der Waals surface area (Å²) in [6.07, 6.45) is -1.06. The largest absolute Gasteiger partial charge is 0.433 e. The average molecular weight is 435 g/mol. The van der Waals surface area contributed by atoms with Crippen LogP contribution in [-0.2, 0) is 12.6 Å². The number of hydrogen-bond acceptors (Lipinski definition) is 4. The summed E-state index contributed by atoms with van der Waals surface area (Å²) >= 11 is 5.85. The van der Waals surface area contributed by atoms with Crippen LogP contribution in [0.1, 0.15) is 21.9 Å². The Balaban J connectivity index is 1.66. The molecule has 3 heterocycles. The molecule has 3 aromatic heterocycles. The average Bonchev–Trinajstić information content (AvgIpc) is 3.36. The molecule has 0 aliphatic rings. The minimum Gasteiger partial charge on any atom is -0.350 e. The van der Waals surface area contributed by atoms with Gasteiger partial charge >= 0.3 is 6.18 Å². The molecule has 1 aromatic carbocycles. The number of benzene rings is 1. The zero-order valence-electron chi connectivity index (χ0n) is 15.2. The van der Waals surface area contributed by atoms with Crippen LogP contribution in [0.3, 0.4) is 0 Å².